The van der Waals surface area contributed by atoms with Crippen molar-refractivity contribution in [1.82, 2.24) is 20.1 Å². The zero-order valence-electron chi connectivity index (χ0n) is 16.0. The quantitative estimate of drug-likeness (QED) is 0.904. The minimum absolute atomic E-state index is 0.138. The van der Waals surface area contributed by atoms with Crippen LogP contribution in [0.25, 0.3) is 0 Å². The molecule has 5 heteroatoms. The fourth-order valence-corrected chi connectivity index (χ4v) is 4.21. The second-order valence-corrected chi connectivity index (χ2v) is 7.76. The Balaban J connectivity index is 1.53. The molecule has 0 unspecified atom stereocenters. The number of nitrogens with one attached hydrogen (secondary N) is 1. The highest BCUT2D eigenvalue weighted by atomic mass is 16.2. The van der Waals surface area contributed by atoms with Gasteiger partial charge in [0.1, 0.15) is 0 Å². The van der Waals surface area contributed by atoms with Crippen LogP contribution < -0.4 is 5.32 Å². The summed E-state index contributed by atoms with van der Waals surface area (Å²) in [6.45, 7) is 3.52. The van der Waals surface area contributed by atoms with Crippen LogP contribution >= 0.6 is 0 Å². The summed E-state index contributed by atoms with van der Waals surface area (Å²) in [6.07, 6.45) is 6.46. The van der Waals surface area contributed by atoms with Gasteiger partial charge in [-0.15, -0.1) is 0 Å². The number of nitrogens with zero attached hydrogens (tertiary/aromatic N) is 3. The second-order valence-electron chi connectivity index (χ2n) is 7.76. The molecule has 3 heterocycles. The Morgan fingerprint density at radius 2 is 1.85 bits per heavy atom. The molecular weight excluding hydrogens is 336 g/mol. The zero-order chi connectivity index (χ0) is 18.6. The van der Waals surface area contributed by atoms with E-state index in [9.17, 15) is 4.79 Å². The summed E-state index contributed by atoms with van der Waals surface area (Å²) in [7, 11) is 2.16. The highest BCUT2D eigenvalue weighted by Crippen LogP contribution is 2.23. The molecule has 1 amide bonds. The van der Waals surface area contributed by atoms with Crippen LogP contribution in [-0.2, 0) is 24.3 Å². The van der Waals surface area contributed by atoms with Gasteiger partial charge in [0.15, 0.2) is 0 Å². The van der Waals surface area contributed by atoms with Crippen LogP contribution in [0.15, 0.2) is 48.8 Å². The van der Waals surface area contributed by atoms with Crippen LogP contribution in [0.4, 0.5) is 0 Å². The molecule has 27 heavy (non-hydrogen) atoms. The van der Waals surface area contributed by atoms with Gasteiger partial charge < -0.3 is 15.1 Å². The second kappa shape index (κ2) is 8.19. The molecule has 0 saturated carbocycles. The number of fused-ring (bicyclic) bond motifs is 1. The van der Waals surface area contributed by atoms with E-state index in [-0.39, 0.29) is 11.9 Å². The molecule has 5 nitrogen and oxygen atoms in total. The Hall–Kier alpha value is -2.24. The van der Waals surface area contributed by atoms with Crippen LogP contribution in [-0.4, -0.2) is 52.9 Å². The Kier molecular flexibility index (Phi) is 5.50. The maximum Gasteiger partial charge on any atom is 0.240 e. The molecule has 142 valence electrons. The molecule has 1 fully saturated rings. The van der Waals surface area contributed by atoms with Crippen LogP contribution in [0, 0.1) is 0 Å². The van der Waals surface area contributed by atoms with E-state index < -0.39 is 0 Å². The highest BCUT2D eigenvalue weighted by Gasteiger charge is 2.33. The minimum atomic E-state index is -0.138. The predicted molar refractivity (Wildman–Crippen MR) is 106 cm³/mol. The summed E-state index contributed by atoms with van der Waals surface area (Å²) in [4.78, 5) is 22.1. The van der Waals surface area contributed by atoms with E-state index in [0.717, 1.165) is 44.5 Å². The molecule has 1 aromatic carbocycles. The lowest BCUT2D eigenvalue weighted by molar-refractivity contribution is -0.137. The van der Waals surface area contributed by atoms with Crippen molar-refractivity contribution in [2.45, 2.75) is 44.4 Å². The van der Waals surface area contributed by atoms with E-state index in [1.165, 1.54) is 11.1 Å². The fourth-order valence-electron chi connectivity index (χ4n) is 4.21. The van der Waals surface area contributed by atoms with Crippen molar-refractivity contribution in [2.75, 3.05) is 20.1 Å². The topological polar surface area (TPSA) is 48.5 Å². The van der Waals surface area contributed by atoms with Crippen LogP contribution in [0.1, 0.15) is 29.5 Å². The van der Waals surface area contributed by atoms with Gasteiger partial charge in [-0.25, -0.2) is 0 Å². The van der Waals surface area contributed by atoms with E-state index in [4.69, 9.17) is 0 Å². The van der Waals surface area contributed by atoms with E-state index in [0.29, 0.717) is 12.6 Å². The van der Waals surface area contributed by atoms with Gasteiger partial charge >= 0.3 is 0 Å². The molecule has 4 rings (SSSR count). The van der Waals surface area contributed by atoms with Gasteiger partial charge in [0, 0.05) is 31.5 Å². The normalized spacial score (nSPS) is 20.9. The van der Waals surface area contributed by atoms with Crippen molar-refractivity contribution >= 4 is 5.91 Å². The first-order valence-corrected chi connectivity index (χ1v) is 9.89. The largest absolute Gasteiger partial charge is 0.334 e. The third-order valence-corrected chi connectivity index (χ3v) is 5.89. The van der Waals surface area contributed by atoms with E-state index in [2.05, 4.69) is 51.4 Å². The molecule has 1 N–H and O–H groups in total. The highest BCUT2D eigenvalue weighted by molar-refractivity contribution is 5.83. The van der Waals surface area contributed by atoms with Crippen molar-refractivity contribution in [3.63, 3.8) is 0 Å². The Morgan fingerprint density at radius 3 is 2.59 bits per heavy atom. The van der Waals surface area contributed by atoms with E-state index in [1.54, 1.807) is 0 Å². The van der Waals surface area contributed by atoms with Gasteiger partial charge in [-0.2, -0.15) is 0 Å². The number of pyridine rings is 1. The van der Waals surface area contributed by atoms with Gasteiger partial charge in [0.05, 0.1) is 6.04 Å². The van der Waals surface area contributed by atoms with Gasteiger partial charge in [-0.05, 0) is 68.2 Å². The van der Waals surface area contributed by atoms with Crippen molar-refractivity contribution in [3.05, 3.63) is 65.5 Å². The number of hydrogen-bond acceptors (Lipinski definition) is 4. The third-order valence-electron chi connectivity index (χ3n) is 5.89. The monoisotopic (exact) mass is 364 g/mol. The van der Waals surface area contributed by atoms with Gasteiger partial charge in [0.25, 0.3) is 0 Å². The molecule has 0 bridgehead atoms. The molecule has 1 aromatic heterocycles. The maximum atomic E-state index is 13.5. The summed E-state index contributed by atoms with van der Waals surface area (Å²) >= 11 is 0. The predicted octanol–water partition coefficient (Wildman–Crippen LogP) is 2.22. The summed E-state index contributed by atoms with van der Waals surface area (Å²) in [5.41, 5.74) is 3.75. The molecule has 2 aliphatic rings. The SMILES string of the molecule is CN1CCC(N(Cc2ccncc2)C(=O)[C@H]2Cc3ccccc3CN2)CC1. The van der Waals surface area contributed by atoms with Gasteiger partial charge in [-0.1, -0.05) is 24.3 Å². The Bertz CT molecular complexity index is 771. The zero-order valence-corrected chi connectivity index (χ0v) is 16.0. The number of piperidine rings is 1. The Labute approximate surface area is 161 Å². The first-order valence-electron chi connectivity index (χ1n) is 9.89. The smallest absolute Gasteiger partial charge is 0.240 e. The summed E-state index contributed by atoms with van der Waals surface area (Å²) < 4.78 is 0. The minimum Gasteiger partial charge on any atom is -0.334 e. The fraction of sp³-hybridized carbons (Fsp3) is 0.455. The van der Waals surface area contributed by atoms with Gasteiger partial charge in [-0.3, -0.25) is 9.78 Å². The lowest BCUT2D eigenvalue weighted by atomic mass is 9.94. The van der Waals surface area contributed by atoms with Crippen molar-refractivity contribution < 1.29 is 4.79 Å². The number of benzene rings is 1. The van der Waals surface area contributed by atoms with Crippen LogP contribution in [0.5, 0.6) is 0 Å². The van der Waals surface area contributed by atoms with Crippen molar-refractivity contribution in [1.29, 1.82) is 0 Å². The maximum absolute atomic E-state index is 13.5. The number of rotatable bonds is 4. The number of amides is 1. The van der Waals surface area contributed by atoms with Crippen molar-refractivity contribution in [3.8, 4) is 0 Å². The summed E-state index contributed by atoms with van der Waals surface area (Å²) in [5, 5.41) is 3.48. The molecule has 2 aromatic rings. The Morgan fingerprint density at radius 1 is 1.15 bits per heavy atom. The average molecular weight is 364 g/mol. The molecule has 0 spiro atoms. The number of hydrogen-bond donors (Lipinski definition) is 1. The molecular formula is C22H28N4O. The lowest BCUT2D eigenvalue weighted by Gasteiger charge is -2.40. The van der Waals surface area contributed by atoms with Gasteiger partial charge in [0.2, 0.25) is 5.91 Å². The molecule has 1 atom stereocenters. The lowest BCUT2D eigenvalue weighted by Crippen LogP contribution is -2.54. The third kappa shape index (κ3) is 4.20. The van der Waals surface area contributed by atoms with Crippen LogP contribution in [0.3, 0.4) is 0 Å². The molecule has 0 aliphatic carbocycles. The number of aromatic nitrogens is 1. The first-order chi connectivity index (χ1) is 13.2. The average Bonchev–Trinajstić information content (AvgIpc) is 2.73. The number of likely N-dealkylation sites (tertiary alicyclic amines) is 1. The molecule has 2 aliphatic heterocycles. The number of carbonyl (C=O) groups excluding carboxylic acids is 1. The van der Waals surface area contributed by atoms with E-state index >= 15 is 0 Å². The molecule has 0 radical (unpaired) electrons. The summed E-state index contributed by atoms with van der Waals surface area (Å²) in [5.74, 6) is 0.232. The molecule has 1 saturated heterocycles. The summed E-state index contributed by atoms with van der Waals surface area (Å²) in [6, 6.07) is 12.6. The van der Waals surface area contributed by atoms with Crippen LogP contribution in [0.2, 0.25) is 0 Å². The standard InChI is InChI=1S/C22H28N4O/c1-25-12-8-20(9-13-25)26(16-17-6-10-23-11-7-17)22(27)21-14-18-4-2-3-5-19(18)15-24-21/h2-7,10-11,20-21,24H,8-9,12-16H2,1H3/t21-/m1/s1. The van der Waals surface area contributed by atoms with Crippen molar-refractivity contribution in [2.24, 2.45) is 0 Å². The number of carbonyl (C=O) groups is 1. The van der Waals surface area contributed by atoms with E-state index in [1.807, 2.05) is 24.5 Å². The first kappa shape index (κ1) is 18.1.